The maximum atomic E-state index is 13.9. The van der Waals surface area contributed by atoms with Crippen LogP contribution in [0.1, 0.15) is 139 Å². The van der Waals surface area contributed by atoms with Gasteiger partial charge in [0.15, 0.2) is 0 Å². The fourth-order valence-electron chi connectivity index (χ4n) is 8.93. The van der Waals surface area contributed by atoms with Crippen molar-refractivity contribution in [3.05, 3.63) is 65.2 Å². The lowest BCUT2D eigenvalue weighted by atomic mass is 9.72. The summed E-state index contributed by atoms with van der Waals surface area (Å²) in [7, 11) is 4.75. The molecule has 314 valence electrons. The molecule has 1 fully saturated rings. The van der Waals surface area contributed by atoms with Crippen molar-refractivity contribution in [3.63, 3.8) is 0 Å². The number of amides is 4. The van der Waals surface area contributed by atoms with Crippen LogP contribution in [0.2, 0.25) is 0 Å². The molecule has 1 saturated heterocycles. The molecule has 11 heteroatoms. The monoisotopic (exact) mass is 788 g/mol. The zero-order valence-corrected chi connectivity index (χ0v) is 35.5. The van der Waals surface area contributed by atoms with E-state index in [4.69, 9.17) is 9.47 Å². The number of rotatable bonds is 26. The Morgan fingerprint density at radius 1 is 0.842 bits per heavy atom. The van der Waals surface area contributed by atoms with E-state index >= 15 is 0 Å². The number of carbonyl (C=O) groups excluding carboxylic acids is 4. The molecule has 2 aromatic carbocycles. The summed E-state index contributed by atoms with van der Waals surface area (Å²) in [5.74, 6) is 0.390. The summed E-state index contributed by atoms with van der Waals surface area (Å²) in [5, 5.41) is 2.85. The molecule has 2 aliphatic rings. The Hall–Kier alpha value is -4.25. The summed E-state index contributed by atoms with van der Waals surface area (Å²) < 4.78 is 11.2. The van der Waals surface area contributed by atoms with Gasteiger partial charge in [0.05, 0.1) is 25.7 Å². The third kappa shape index (κ3) is 12.1. The largest absolute Gasteiger partial charge is 0.496 e. The van der Waals surface area contributed by atoms with Crippen LogP contribution in [0.3, 0.4) is 0 Å². The van der Waals surface area contributed by atoms with E-state index in [2.05, 4.69) is 22.9 Å². The number of aryl methyl sites for hydroxylation is 1. The molecule has 11 nitrogen and oxygen atoms in total. The molecule has 4 amide bonds. The van der Waals surface area contributed by atoms with Gasteiger partial charge in [-0.3, -0.25) is 19.4 Å². The van der Waals surface area contributed by atoms with Crippen molar-refractivity contribution in [1.29, 1.82) is 0 Å². The third-order valence-electron chi connectivity index (χ3n) is 12.2. The van der Waals surface area contributed by atoms with Gasteiger partial charge in [-0.2, -0.15) is 4.99 Å². The highest BCUT2D eigenvalue weighted by Crippen LogP contribution is 2.41. The predicted octanol–water partition coefficient (Wildman–Crippen LogP) is 8.69. The number of hydrogen-bond acceptors (Lipinski definition) is 7. The average Bonchev–Trinajstić information content (AvgIpc) is 3.24. The molecule has 0 saturated carbocycles. The number of hydrogen-bond donors (Lipinski definition) is 0. The number of unbranched alkanes of at least 4 members (excludes halogenated alkanes) is 12. The average molecular weight is 788 g/mol. The molecule has 2 aromatic rings. The Kier molecular flexibility index (Phi) is 19.0. The Labute approximate surface area is 342 Å². The molecule has 0 bridgehead atoms. The number of ether oxygens (including phenoxy) is 2. The van der Waals surface area contributed by atoms with Crippen LogP contribution in [0.25, 0.3) is 0 Å². The Bertz CT molecular complexity index is 1580. The van der Waals surface area contributed by atoms with Crippen molar-refractivity contribution < 1.29 is 28.7 Å². The van der Waals surface area contributed by atoms with Crippen molar-refractivity contribution >= 4 is 30.5 Å². The normalized spacial score (nSPS) is 18.2. The second kappa shape index (κ2) is 23.9. The van der Waals surface area contributed by atoms with E-state index in [0.717, 1.165) is 42.4 Å². The summed E-state index contributed by atoms with van der Waals surface area (Å²) in [4.78, 5) is 60.5. The molecule has 0 aromatic heterocycles. The second-order valence-corrected chi connectivity index (χ2v) is 16.0. The lowest BCUT2D eigenvalue weighted by Crippen LogP contribution is -2.58. The molecular formula is C46H69N5O6. The number of benzene rings is 2. The Balaban J connectivity index is 1.44. The van der Waals surface area contributed by atoms with Gasteiger partial charge in [-0.25, -0.2) is 9.80 Å². The van der Waals surface area contributed by atoms with Gasteiger partial charge < -0.3 is 19.3 Å². The molecule has 2 aliphatic heterocycles. The van der Waals surface area contributed by atoms with Gasteiger partial charge in [-0.1, -0.05) is 126 Å². The molecule has 57 heavy (non-hydrogen) atoms. The van der Waals surface area contributed by atoms with Crippen molar-refractivity contribution in [2.24, 2.45) is 4.99 Å². The summed E-state index contributed by atoms with van der Waals surface area (Å²) >= 11 is 0. The molecule has 2 heterocycles. The van der Waals surface area contributed by atoms with Crippen molar-refractivity contribution in [3.8, 4) is 5.75 Å². The number of likely N-dealkylation sites (tertiary alicyclic amines) is 1. The van der Waals surface area contributed by atoms with Crippen molar-refractivity contribution in [1.82, 2.24) is 19.8 Å². The molecule has 2 unspecified atom stereocenters. The number of aliphatic imine (C=N–C) groups is 1. The molecule has 0 spiro atoms. The zero-order chi connectivity index (χ0) is 41.0. The fraction of sp³-hybridized carbons (Fsp3) is 0.630. The first-order chi connectivity index (χ1) is 27.8. The highest BCUT2D eigenvalue weighted by Gasteiger charge is 2.46. The van der Waals surface area contributed by atoms with Crippen LogP contribution in [-0.4, -0.2) is 104 Å². The van der Waals surface area contributed by atoms with Crippen LogP contribution in [0.5, 0.6) is 5.75 Å². The van der Waals surface area contributed by atoms with Crippen molar-refractivity contribution in [2.75, 3.05) is 47.4 Å². The van der Waals surface area contributed by atoms with Crippen LogP contribution in [-0.2, 0) is 31.0 Å². The molecule has 0 N–H and O–H groups in total. The van der Waals surface area contributed by atoms with Gasteiger partial charge in [0.2, 0.25) is 12.8 Å². The van der Waals surface area contributed by atoms with Crippen LogP contribution in [0.4, 0.5) is 4.79 Å². The van der Waals surface area contributed by atoms with Gasteiger partial charge in [0.1, 0.15) is 11.8 Å². The topological polar surface area (TPSA) is 112 Å². The number of piperidine rings is 1. The summed E-state index contributed by atoms with van der Waals surface area (Å²) in [6, 6.07) is 13.9. The van der Waals surface area contributed by atoms with E-state index in [1.807, 2.05) is 42.5 Å². The highest BCUT2D eigenvalue weighted by molar-refractivity contribution is 6.01. The van der Waals surface area contributed by atoms with E-state index in [-0.39, 0.29) is 12.5 Å². The van der Waals surface area contributed by atoms with E-state index in [9.17, 15) is 19.2 Å². The van der Waals surface area contributed by atoms with Crippen molar-refractivity contribution in [2.45, 2.75) is 141 Å². The smallest absolute Gasteiger partial charge is 0.363 e. The van der Waals surface area contributed by atoms with E-state index in [0.29, 0.717) is 56.8 Å². The minimum absolute atomic E-state index is 0.217. The van der Waals surface area contributed by atoms with Crippen LogP contribution >= 0.6 is 0 Å². The standard InChI is InChI=1S/C46H69N5O6/c1-6-7-8-9-10-11-12-13-14-15-16-17-19-24-38-25-22-28-40(56-4)41(38)43-42(48(3)35-52)37(2)47-45(55)51(43)50(36-53)32-23-31-49-33-29-46(30-34-49,44(54)57-5)39-26-20-18-21-27-39/h18,20-22,25-28,35-36,42-43H,6-17,19,23-24,29-34H2,1-5H3. The minimum Gasteiger partial charge on any atom is -0.496 e. The summed E-state index contributed by atoms with van der Waals surface area (Å²) in [5.41, 5.74) is 2.60. The molecule has 0 aliphatic carbocycles. The first kappa shape index (κ1) is 45.5. The number of urea groups is 1. The summed E-state index contributed by atoms with van der Waals surface area (Å²) in [6.45, 7) is 6.34. The fourth-order valence-corrected chi connectivity index (χ4v) is 8.93. The van der Waals surface area contributed by atoms with E-state index in [1.165, 1.54) is 92.7 Å². The van der Waals surface area contributed by atoms with Gasteiger partial charge in [-0.15, -0.1) is 0 Å². The van der Waals surface area contributed by atoms with Crippen LogP contribution < -0.4 is 4.74 Å². The zero-order valence-electron chi connectivity index (χ0n) is 35.5. The molecule has 4 rings (SSSR count). The highest BCUT2D eigenvalue weighted by atomic mass is 16.5. The number of likely N-dealkylation sites (N-methyl/N-ethyl adjacent to an activating group) is 1. The van der Waals surface area contributed by atoms with E-state index < -0.39 is 23.5 Å². The maximum absolute atomic E-state index is 13.9. The first-order valence-electron chi connectivity index (χ1n) is 21.6. The first-order valence-corrected chi connectivity index (χ1v) is 21.6. The maximum Gasteiger partial charge on any atom is 0.363 e. The number of carbonyl (C=O) groups is 4. The molecule has 2 atom stereocenters. The van der Waals surface area contributed by atoms with Gasteiger partial charge in [0.25, 0.3) is 0 Å². The quantitative estimate of drug-likeness (QED) is 0.0533. The Morgan fingerprint density at radius 2 is 1.46 bits per heavy atom. The Morgan fingerprint density at radius 3 is 2.02 bits per heavy atom. The lowest BCUT2D eigenvalue weighted by Gasteiger charge is -2.46. The van der Waals surface area contributed by atoms with Gasteiger partial charge in [-0.05, 0) is 75.9 Å². The van der Waals surface area contributed by atoms with Crippen LogP contribution in [0, 0.1) is 0 Å². The van der Waals surface area contributed by atoms with Gasteiger partial charge in [0, 0.05) is 24.9 Å². The molecule has 0 radical (unpaired) electrons. The lowest BCUT2D eigenvalue weighted by molar-refractivity contribution is -0.150. The molecular weight excluding hydrogens is 719 g/mol. The van der Waals surface area contributed by atoms with Gasteiger partial charge >= 0.3 is 12.0 Å². The van der Waals surface area contributed by atoms with E-state index in [1.54, 1.807) is 21.1 Å². The minimum atomic E-state index is -0.731. The predicted molar refractivity (Wildman–Crippen MR) is 226 cm³/mol. The third-order valence-corrected chi connectivity index (χ3v) is 12.2. The SMILES string of the molecule is CCCCCCCCCCCCCCCc1cccc(OC)c1C1C(N(C)C=O)C(C)=NC(=O)N1N(C=O)CCCN1CCC(C(=O)OC)(c2ccccc2)CC1. The second-order valence-electron chi connectivity index (χ2n) is 16.0. The number of nitrogens with zero attached hydrogens (tertiary/aromatic N) is 5. The summed E-state index contributed by atoms with van der Waals surface area (Å²) in [6.07, 6.45) is 20.6. The number of methoxy groups -OCH3 is 2. The van der Waals surface area contributed by atoms with Crippen LogP contribution in [0.15, 0.2) is 53.5 Å². The number of esters is 1. The number of hydrazine groups is 1.